The van der Waals surface area contributed by atoms with Crippen molar-refractivity contribution < 1.29 is 0 Å². The van der Waals surface area contributed by atoms with Crippen molar-refractivity contribution in [3.05, 3.63) is 50.9 Å². The van der Waals surface area contributed by atoms with E-state index in [0.29, 0.717) is 10.2 Å². The zero-order chi connectivity index (χ0) is 12.4. The average Bonchev–Trinajstić information content (AvgIpc) is 2.64. The number of fused-ring (bicyclic) bond motifs is 1. The number of H-pyrrole nitrogens is 2. The fraction of sp³-hybridized carbons (Fsp3) is 0. The Balaban J connectivity index is 2.92. The fourth-order valence-electron chi connectivity index (χ4n) is 1.56. The Kier molecular flexibility index (Phi) is 3.21. The summed E-state index contributed by atoms with van der Waals surface area (Å²) in [5, 5.41) is 0.608. The highest BCUT2D eigenvalue weighted by Crippen LogP contribution is 2.29. The molecule has 2 rings (SSSR count). The summed E-state index contributed by atoms with van der Waals surface area (Å²) >= 11 is 6.40. The van der Waals surface area contributed by atoms with E-state index in [1.54, 1.807) is 18.2 Å². The molecule has 0 amide bonds. The summed E-state index contributed by atoms with van der Waals surface area (Å²) in [7, 11) is 0. The molecule has 0 spiro atoms. The van der Waals surface area contributed by atoms with Crippen molar-refractivity contribution in [2.75, 3.05) is 0 Å². The summed E-state index contributed by atoms with van der Waals surface area (Å²) in [6.45, 7) is 7.36. The molecular formula is C12H10N2OS2. The average molecular weight is 262 g/mol. The number of aromatic nitrogens is 2. The monoisotopic (exact) mass is 262 g/mol. The number of hydrogen-bond donors (Lipinski definition) is 2. The Morgan fingerprint density at radius 3 is 2.71 bits per heavy atom. The van der Waals surface area contributed by atoms with E-state index in [1.807, 2.05) is 6.08 Å². The first-order chi connectivity index (χ1) is 8.17. The van der Waals surface area contributed by atoms with Crippen molar-refractivity contribution in [2.24, 2.45) is 0 Å². The first kappa shape index (κ1) is 11.8. The summed E-state index contributed by atoms with van der Waals surface area (Å²) in [5.74, 6) is 0. The van der Waals surface area contributed by atoms with E-state index < -0.39 is 0 Å². The maximum absolute atomic E-state index is 11.9. The summed E-state index contributed by atoms with van der Waals surface area (Å²) in [5.41, 5.74) is 0.657. The predicted molar refractivity (Wildman–Crippen MR) is 77.0 cm³/mol. The third kappa shape index (κ3) is 2.07. The van der Waals surface area contributed by atoms with E-state index in [1.165, 1.54) is 11.3 Å². The third-order valence-corrected chi connectivity index (χ3v) is 3.56. The zero-order valence-corrected chi connectivity index (χ0v) is 10.6. The fourth-order valence-corrected chi connectivity index (χ4v) is 2.86. The van der Waals surface area contributed by atoms with Gasteiger partial charge in [0.25, 0.3) is 5.56 Å². The summed E-state index contributed by atoms with van der Waals surface area (Å²) in [6.07, 6.45) is 7.02. The van der Waals surface area contributed by atoms with Crippen LogP contribution >= 0.6 is 23.6 Å². The molecule has 0 radical (unpaired) electrons. The molecule has 2 aromatic rings. The van der Waals surface area contributed by atoms with Crippen LogP contribution in [0.3, 0.4) is 0 Å². The standard InChI is InChI=1S/C12H10N2OS2/c1-3-5-6-7-8(4-2)17-11-9(7)10(15)13-12(16)14-11/h3-6H,1-2H2,(H2,13,14,15,16)/b6-5-. The second-order valence-corrected chi connectivity index (χ2v) is 4.75. The molecule has 0 fully saturated rings. The first-order valence-corrected chi connectivity index (χ1v) is 6.10. The van der Waals surface area contributed by atoms with E-state index in [9.17, 15) is 4.79 Å². The lowest BCUT2D eigenvalue weighted by molar-refractivity contribution is 1.15. The van der Waals surface area contributed by atoms with Crippen molar-refractivity contribution in [3.8, 4) is 0 Å². The molecule has 0 aliphatic heterocycles. The number of rotatable bonds is 3. The molecule has 3 nitrogen and oxygen atoms in total. The van der Waals surface area contributed by atoms with Crippen LogP contribution in [0.15, 0.2) is 30.1 Å². The lowest BCUT2D eigenvalue weighted by Crippen LogP contribution is -2.07. The van der Waals surface area contributed by atoms with Crippen molar-refractivity contribution in [2.45, 2.75) is 0 Å². The molecule has 2 N–H and O–H groups in total. The maximum atomic E-state index is 11.9. The van der Waals surface area contributed by atoms with Gasteiger partial charge in [-0.3, -0.25) is 9.78 Å². The molecule has 0 saturated carbocycles. The van der Waals surface area contributed by atoms with Crippen LogP contribution in [0.4, 0.5) is 0 Å². The van der Waals surface area contributed by atoms with E-state index in [0.717, 1.165) is 15.3 Å². The number of aromatic amines is 2. The van der Waals surface area contributed by atoms with E-state index in [2.05, 4.69) is 23.1 Å². The van der Waals surface area contributed by atoms with Crippen LogP contribution in [0.1, 0.15) is 10.4 Å². The smallest absolute Gasteiger partial charge is 0.261 e. The summed E-state index contributed by atoms with van der Waals surface area (Å²) < 4.78 is 0.332. The Hall–Kier alpha value is -1.72. The minimum absolute atomic E-state index is 0.184. The van der Waals surface area contributed by atoms with Gasteiger partial charge in [0.1, 0.15) is 4.83 Å². The van der Waals surface area contributed by atoms with Gasteiger partial charge in [-0.25, -0.2) is 0 Å². The molecule has 17 heavy (non-hydrogen) atoms. The van der Waals surface area contributed by atoms with Crippen LogP contribution in [-0.2, 0) is 0 Å². The van der Waals surface area contributed by atoms with Gasteiger partial charge in [0.05, 0.1) is 5.39 Å². The van der Waals surface area contributed by atoms with Gasteiger partial charge in [0.15, 0.2) is 4.77 Å². The molecule has 5 heteroatoms. The van der Waals surface area contributed by atoms with Gasteiger partial charge >= 0.3 is 0 Å². The van der Waals surface area contributed by atoms with Gasteiger partial charge in [0, 0.05) is 10.4 Å². The van der Waals surface area contributed by atoms with Crippen LogP contribution < -0.4 is 5.56 Å². The molecule has 0 bridgehead atoms. The number of hydrogen-bond acceptors (Lipinski definition) is 3. The normalized spacial score (nSPS) is 11.1. The molecule has 86 valence electrons. The van der Waals surface area contributed by atoms with E-state index in [4.69, 9.17) is 12.2 Å². The topological polar surface area (TPSA) is 48.6 Å². The molecule has 0 atom stereocenters. The minimum Gasteiger partial charge on any atom is -0.323 e. The first-order valence-electron chi connectivity index (χ1n) is 4.88. The van der Waals surface area contributed by atoms with Gasteiger partial charge in [-0.15, -0.1) is 11.3 Å². The van der Waals surface area contributed by atoms with Crippen molar-refractivity contribution in [1.82, 2.24) is 9.97 Å². The molecule has 0 saturated heterocycles. The molecular weight excluding hydrogens is 252 g/mol. The lowest BCUT2D eigenvalue weighted by atomic mass is 10.1. The zero-order valence-electron chi connectivity index (χ0n) is 8.95. The van der Waals surface area contributed by atoms with Crippen LogP contribution in [-0.4, -0.2) is 9.97 Å². The largest absolute Gasteiger partial charge is 0.323 e. The Bertz CT molecular complexity index is 731. The molecule has 0 aromatic carbocycles. The molecule has 2 heterocycles. The van der Waals surface area contributed by atoms with E-state index >= 15 is 0 Å². The maximum Gasteiger partial charge on any atom is 0.261 e. The Labute approximate surface area is 107 Å². The SMILES string of the molecule is C=C/C=C\c1c(C=C)sc2[nH]c(=S)[nH]c(=O)c12. The van der Waals surface area contributed by atoms with Crippen LogP contribution in [0.5, 0.6) is 0 Å². The van der Waals surface area contributed by atoms with Crippen LogP contribution in [0.25, 0.3) is 22.4 Å². The summed E-state index contributed by atoms with van der Waals surface area (Å²) in [6, 6.07) is 0. The Morgan fingerprint density at radius 2 is 2.06 bits per heavy atom. The minimum atomic E-state index is -0.184. The highest BCUT2D eigenvalue weighted by atomic mass is 32.1. The lowest BCUT2D eigenvalue weighted by Gasteiger charge is -1.92. The van der Waals surface area contributed by atoms with Gasteiger partial charge in [-0.05, 0) is 12.2 Å². The second-order valence-electron chi connectivity index (χ2n) is 3.29. The van der Waals surface area contributed by atoms with Gasteiger partial charge in [0.2, 0.25) is 0 Å². The van der Waals surface area contributed by atoms with Gasteiger partial charge in [-0.2, -0.15) is 0 Å². The predicted octanol–water partition coefficient (Wildman–Crippen LogP) is 3.49. The van der Waals surface area contributed by atoms with Crippen molar-refractivity contribution in [1.29, 1.82) is 0 Å². The molecule has 0 aliphatic rings. The van der Waals surface area contributed by atoms with Crippen molar-refractivity contribution >= 4 is 45.9 Å². The van der Waals surface area contributed by atoms with Crippen LogP contribution in [0.2, 0.25) is 0 Å². The van der Waals surface area contributed by atoms with Crippen LogP contribution in [0, 0.1) is 4.77 Å². The number of thiophene rings is 1. The number of allylic oxidation sites excluding steroid dienone is 2. The second kappa shape index (κ2) is 4.65. The molecule has 0 aliphatic carbocycles. The van der Waals surface area contributed by atoms with Gasteiger partial charge < -0.3 is 4.98 Å². The number of nitrogens with one attached hydrogen (secondary N) is 2. The highest BCUT2D eigenvalue weighted by Gasteiger charge is 2.11. The Morgan fingerprint density at radius 1 is 1.29 bits per heavy atom. The molecule has 0 unspecified atom stereocenters. The summed E-state index contributed by atoms with van der Waals surface area (Å²) in [4.78, 5) is 19.1. The quantitative estimate of drug-likeness (QED) is 0.657. The highest BCUT2D eigenvalue weighted by molar-refractivity contribution is 7.71. The van der Waals surface area contributed by atoms with Crippen molar-refractivity contribution in [3.63, 3.8) is 0 Å². The van der Waals surface area contributed by atoms with Gasteiger partial charge in [-0.1, -0.05) is 37.5 Å². The third-order valence-electron chi connectivity index (χ3n) is 2.24. The molecule has 2 aromatic heterocycles. The van der Waals surface area contributed by atoms with E-state index in [-0.39, 0.29) is 5.56 Å².